The number of nitrogens with zero attached hydrogens (tertiary/aromatic N) is 3. The number of aromatic nitrogens is 3. The molecule has 1 atom stereocenters. The van der Waals surface area contributed by atoms with Crippen LogP contribution in [0.1, 0.15) is 44.7 Å². The Morgan fingerprint density at radius 1 is 1.37 bits per heavy atom. The topological polar surface area (TPSA) is 77.8 Å². The maximum Gasteiger partial charge on any atom is 0.243 e. The lowest BCUT2D eigenvalue weighted by Gasteiger charge is -2.08. The average molecular weight is 260 g/mol. The van der Waals surface area contributed by atoms with E-state index in [2.05, 4.69) is 35.9 Å². The van der Waals surface area contributed by atoms with Crippen molar-refractivity contribution in [1.82, 2.24) is 15.1 Å². The maximum atomic E-state index is 6.04. The monoisotopic (exact) mass is 260 g/mol. The summed E-state index contributed by atoms with van der Waals surface area (Å²) >= 11 is 0. The zero-order valence-corrected chi connectivity index (χ0v) is 11.6. The highest BCUT2D eigenvalue weighted by atomic mass is 16.5. The van der Waals surface area contributed by atoms with E-state index in [0.29, 0.717) is 17.6 Å². The van der Waals surface area contributed by atoms with Gasteiger partial charge in [-0.3, -0.25) is 4.98 Å². The minimum absolute atomic E-state index is 0.213. The molecule has 0 radical (unpaired) electrons. The van der Waals surface area contributed by atoms with E-state index in [1.807, 2.05) is 12.1 Å². The molecule has 0 bridgehead atoms. The quantitative estimate of drug-likeness (QED) is 0.894. The predicted molar refractivity (Wildman–Crippen MR) is 73.3 cm³/mol. The third-order valence-electron chi connectivity index (χ3n) is 2.97. The van der Waals surface area contributed by atoms with E-state index < -0.39 is 0 Å². The number of rotatable bonds is 5. The molecule has 0 aliphatic heterocycles. The van der Waals surface area contributed by atoms with Crippen LogP contribution in [0.2, 0.25) is 0 Å². The van der Waals surface area contributed by atoms with Crippen LogP contribution >= 0.6 is 0 Å². The van der Waals surface area contributed by atoms with Crippen LogP contribution in [0, 0.1) is 5.92 Å². The van der Waals surface area contributed by atoms with Crippen molar-refractivity contribution in [2.24, 2.45) is 11.7 Å². The highest BCUT2D eigenvalue weighted by Gasteiger charge is 2.18. The van der Waals surface area contributed by atoms with Gasteiger partial charge in [-0.2, -0.15) is 4.98 Å². The molecular weight excluding hydrogens is 240 g/mol. The fourth-order valence-corrected chi connectivity index (χ4v) is 2.02. The highest BCUT2D eigenvalue weighted by Crippen LogP contribution is 2.22. The number of hydrogen-bond acceptors (Lipinski definition) is 5. The Bertz CT molecular complexity index is 536. The van der Waals surface area contributed by atoms with Crippen molar-refractivity contribution in [3.8, 4) is 11.5 Å². The van der Waals surface area contributed by atoms with Gasteiger partial charge in [-0.15, -0.1) is 0 Å². The minimum Gasteiger partial charge on any atom is -0.337 e. The van der Waals surface area contributed by atoms with Crippen LogP contribution in [0.4, 0.5) is 0 Å². The van der Waals surface area contributed by atoms with Gasteiger partial charge in [0.25, 0.3) is 0 Å². The molecule has 19 heavy (non-hydrogen) atoms. The van der Waals surface area contributed by atoms with Gasteiger partial charge in [0.15, 0.2) is 0 Å². The smallest absolute Gasteiger partial charge is 0.243 e. The Morgan fingerprint density at radius 3 is 2.84 bits per heavy atom. The summed E-state index contributed by atoms with van der Waals surface area (Å²) in [5.74, 6) is 1.49. The standard InChI is InChI=1S/C14H20N4O/c1-4-10-6-5-7-16-12(10)13-17-14(19-18-13)11(15)8-9(2)3/h5-7,9,11H,4,8,15H2,1-3H3. The van der Waals surface area contributed by atoms with Crippen LogP contribution < -0.4 is 5.73 Å². The van der Waals surface area contributed by atoms with Crippen LogP contribution in [0.25, 0.3) is 11.5 Å². The summed E-state index contributed by atoms with van der Waals surface area (Å²) in [6.07, 6.45) is 3.44. The van der Waals surface area contributed by atoms with E-state index in [1.165, 1.54) is 0 Å². The fourth-order valence-electron chi connectivity index (χ4n) is 2.02. The molecule has 2 N–H and O–H groups in total. The molecule has 2 aromatic heterocycles. The van der Waals surface area contributed by atoms with Gasteiger partial charge in [0.2, 0.25) is 11.7 Å². The van der Waals surface area contributed by atoms with Crippen LogP contribution in [0.3, 0.4) is 0 Å². The number of nitrogens with two attached hydrogens (primary N) is 1. The Kier molecular flexibility index (Phi) is 4.27. The summed E-state index contributed by atoms with van der Waals surface area (Å²) in [4.78, 5) is 8.70. The third-order valence-corrected chi connectivity index (χ3v) is 2.97. The van der Waals surface area contributed by atoms with Gasteiger partial charge in [0.1, 0.15) is 5.69 Å². The zero-order chi connectivity index (χ0) is 13.8. The first kappa shape index (κ1) is 13.7. The summed E-state index contributed by atoms with van der Waals surface area (Å²) in [6.45, 7) is 6.31. The lowest BCUT2D eigenvalue weighted by molar-refractivity contribution is 0.335. The zero-order valence-electron chi connectivity index (χ0n) is 11.6. The molecule has 2 rings (SSSR count). The van der Waals surface area contributed by atoms with Crippen LogP contribution in [-0.4, -0.2) is 15.1 Å². The molecule has 1 unspecified atom stereocenters. The number of aryl methyl sites for hydroxylation is 1. The van der Waals surface area contributed by atoms with E-state index in [9.17, 15) is 0 Å². The summed E-state index contributed by atoms with van der Waals surface area (Å²) in [6, 6.07) is 3.72. The molecular formula is C14H20N4O. The van der Waals surface area contributed by atoms with Crippen molar-refractivity contribution in [1.29, 1.82) is 0 Å². The SMILES string of the molecule is CCc1cccnc1-c1noc(C(N)CC(C)C)n1. The van der Waals surface area contributed by atoms with E-state index >= 15 is 0 Å². The van der Waals surface area contributed by atoms with Gasteiger partial charge in [-0.25, -0.2) is 0 Å². The Labute approximate surface area is 113 Å². The van der Waals surface area contributed by atoms with Crippen LogP contribution in [0.15, 0.2) is 22.9 Å². The van der Waals surface area contributed by atoms with Gasteiger partial charge in [-0.1, -0.05) is 32.0 Å². The van der Waals surface area contributed by atoms with Crippen molar-refractivity contribution in [3.63, 3.8) is 0 Å². The second-order valence-corrected chi connectivity index (χ2v) is 5.06. The molecule has 2 heterocycles. The van der Waals surface area contributed by atoms with E-state index in [4.69, 9.17) is 10.3 Å². The molecule has 0 saturated carbocycles. The Hall–Kier alpha value is -1.75. The highest BCUT2D eigenvalue weighted by molar-refractivity contribution is 5.53. The lowest BCUT2D eigenvalue weighted by atomic mass is 10.0. The first-order valence-corrected chi connectivity index (χ1v) is 6.65. The van der Waals surface area contributed by atoms with Crippen molar-refractivity contribution in [3.05, 3.63) is 29.8 Å². The van der Waals surface area contributed by atoms with Gasteiger partial charge in [0.05, 0.1) is 6.04 Å². The molecule has 102 valence electrons. The molecule has 5 nitrogen and oxygen atoms in total. The summed E-state index contributed by atoms with van der Waals surface area (Å²) in [7, 11) is 0. The van der Waals surface area contributed by atoms with E-state index in [-0.39, 0.29) is 6.04 Å². The molecule has 0 aliphatic carbocycles. The van der Waals surface area contributed by atoms with Gasteiger partial charge in [0, 0.05) is 6.20 Å². The van der Waals surface area contributed by atoms with Crippen LogP contribution in [-0.2, 0) is 6.42 Å². The summed E-state index contributed by atoms with van der Waals surface area (Å²) in [5, 5.41) is 3.99. The molecule has 5 heteroatoms. The molecule has 0 spiro atoms. The van der Waals surface area contributed by atoms with Gasteiger partial charge >= 0.3 is 0 Å². The molecule has 0 saturated heterocycles. The summed E-state index contributed by atoms with van der Waals surface area (Å²) in [5.41, 5.74) is 7.92. The van der Waals surface area contributed by atoms with Crippen molar-refractivity contribution >= 4 is 0 Å². The normalized spacial score (nSPS) is 12.9. The second-order valence-electron chi connectivity index (χ2n) is 5.06. The fraction of sp³-hybridized carbons (Fsp3) is 0.500. The minimum atomic E-state index is -0.213. The molecule has 2 aromatic rings. The molecule has 0 fully saturated rings. The van der Waals surface area contributed by atoms with Crippen molar-refractivity contribution in [2.45, 2.75) is 39.7 Å². The van der Waals surface area contributed by atoms with Crippen molar-refractivity contribution in [2.75, 3.05) is 0 Å². The molecule has 0 amide bonds. The molecule has 0 aromatic carbocycles. The first-order chi connectivity index (χ1) is 9.11. The Balaban J connectivity index is 2.25. The maximum absolute atomic E-state index is 6.04. The lowest BCUT2D eigenvalue weighted by Crippen LogP contribution is -2.13. The summed E-state index contributed by atoms with van der Waals surface area (Å²) < 4.78 is 5.26. The van der Waals surface area contributed by atoms with Gasteiger partial charge in [-0.05, 0) is 30.4 Å². The van der Waals surface area contributed by atoms with Crippen LogP contribution in [0.5, 0.6) is 0 Å². The number of hydrogen-bond donors (Lipinski definition) is 1. The largest absolute Gasteiger partial charge is 0.337 e. The van der Waals surface area contributed by atoms with Crippen molar-refractivity contribution < 1.29 is 4.52 Å². The number of pyridine rings is 1. The van der Waals surface area contributed by atoms with E-state index in [1.54, 1.807) is 6.20 Å². The van der Waals surface area contributed by atoms with E-state index in [0.717, 1.165) is 24.1 Å². The van der Waals surface area contributed by atoms with Gasteiger partial charge < -0.3 is 10.3 Å². The Morgan fingerprint density at radius 2 is 2.16 bits per heavy atom. The predicted octanol–water partition coefficient (Wildman–Crippen LogP) is 2.74. The first-order valence-electron chi connectivity index (χ1n) is 6.65. The third kappa shape index (κ3) is 3.17. The molecule has 0 aliphatic rings. The second kappa shape index (κ2) is 5.93. The average Bonchev–Trinajstić information content (AvgIpc) is 2.87.